The summed E-state index contributed by atoms with van der Waals surface area (Å²) in [5, 5.41) is 10.6. The molecule has 96 valence electrons. The van der Waals surface area contributed by atoms with E-state index in [9.17, 15) is 0 Å². The fourth-order valence-corrected chi connectivity index (χ4v) is 1.52. The number of nitrogens with one attached hydrogen (secondary N) is 2. The topological polar surface area (TPSA) is 79.7 Å². The number of aryl methyl sites for hydroxylation is 1. The van der Waals surface area contributed by atoms with E-state index in [1.165, 1.54) is 0 Å². The van der Waals surface area contributed by atoms with Crippen LogP contribution in [0, 0.1) is 5.41 Å². The van der Waals surface area contributed by atoms with Gasteiger partial charge >= 0.3 is 0 Å². The zero-order valence-corrected chi connectivity index (χ0v) is 10.9. The van der Waals surface area contributed by atoms with Crippen molar-refractivity contribution in [3.8, 4) is 0 Å². The first-order valence-electron chi connectivity index (χ1n) is 5.31. The van der Waals surface area contributed by atoms with Gasteiger partial charge in [0.1, 0.15) is 11.7 Å². The van der Waals surface area contributed by atoms with Gasteiger partial charge < -0.3 is 15.6 Å². The minimum atomic E-state index is 0. The van der Waals surface area contributed by atoms with Crippen molar-refractivity contribution < 1.29 is 0 Å². The number of halogens is 1. The van der Waals surface area contributed by atoms with E-state index in [1.807, 2.05) is 42.1 Å². The molecule has 0 bridgehead atoms. The maximum atomic E-state index is 7.29. The summed E-state index contributed by atoms with van der Waals surface area (Å²) in [6, 6.07) is 7.45. The molecule has 0 radical (unpaired) electrons. The van der Waals surface area contributed by atoms with E-state index >= 15 is 0 Å². The molecule has 0 saturated heterocycles. The van der Waals surface area contributed by atoms with Crippen molar-refractivity contribution in [1.29, 1.82) is 5.41 Å². The zero-order valence-electron chi connectivity index (χ0n) is 10.1. The van der Waals surface area contributed by atoms with Crippen molar-refractivity contribution in [2.45, 2.75) is 6.54 Å². The number of nitrogen functional groups attached to an aromatic ring is 1. The molecule has 1 aromatic heterocycles. The summed E-state index contributed by atoms with van der Waals surface area (Å²) in [7, 11) is 1.96. The van der Waals surface area contributed by atoms with Gasteiger partial charge in [-0.05, 0) is 24.3 Å². The highest BCUT2D eigenvalue weighted by atomic mass is 35.5. The van der Waals surface area contributed by atoms with Crippen LogP contribution in [0.2, 0.25) is 0 Å². The van der Waals surface area contributed by atoms with Crippen molar-refractivity contribution in [3.05, 3.63) is 48.0 Å². The van der Waals surface area contributed by atoms with Crippen LogP contribution in [0.15, 0.2) is 36.7 Å². The molecule has 5 nitrogen and oxygen atoms in total. The van der Waals surface area contributed by atoms with E-state index in [2.05, 4.69) is 10.3 Å². The molecule has 1 heterocycles. The predicted octanol–water partition coefficient (Wildman–Crippen LogP) is 1.74. The Morgan fingerprint density at radius 1 is 1.39 bits per heavy atom. The average Bonchev–Trinajstić information content (AvgIpc) is 2.73. The van der Waals surface area contributed by atoms with E-state index in [0.29, 0.717) is 6.54 Å². The Hall–Kier alpha value is -2.01. The Balaban J connectivity index is 0.00000162. The third-order valence-corrected chi connectivity index (χ3v) is 2.57. The van der Waals surface area contributed by atoms with E-state index in [0.717, 1.165) is 17.1 Å². The van der Waals surface area contributed by atoms with E-state index in [1.54, 1.807) is 6.20 Å². The maximum absolute atomic E-state index is 7.29. The number of hydrogen-bond acceptors (Lipinski definition) is 3. The van der Waals surface area contributed by atoms with Gasteiger partial charge in [0.05, 0.1) is 6.54 Å². The van der Waals surface area contributed by atoms with Crippen LogP contribution in [0.1, 0.15) is 11.4 Å². The summed E-state index contributed by atoms with van der Waals surface area (Å²) in [4.78, 5) is 4.22. The van der Waals surface area contributed by atoms with Crippen molar-refractivity contribution in [3.63, 3.8) is 0 Å². The highest BCUT2D eigenvalue weighted by Gasteiger charge is 2.00. The lowest BCUT2D eigenvalue weighted by Crippen LogP contribution is -2.11. The minimum Gasteiger partial charge on any atom is -0.384 e. The lowest BCUT2D eigenvalue weighted by molar-refractivity contribution is 0.813. The standard InChI is InChI=1S/C12H15N5.ClH/c1-17-7-6-15-11(17)8-16-10-4-2-9(3-5-10)12(13)14;/h2-7,16H,8H2,1H3,(H3,13,14);1H. The molecule has 4 N–H and O–H groups in total. The monoisotopic (exact) mass is 265 g/mol. The number of imidazole rings is 1. The summed E-state index contributed by atoms with van der Waals surface area (Å²) in [5.74, 6) is 1.06. The fraction of sp³-hybridized carbons (Fsp3) is 0.167. The lowest BCUT2D eigenvalue weighted by Gasteiger charge is -2.07. The van der Waals surface area contributed by atoms with Crippen LogP contribution < -0.4 is 11.1 Å². The largest absolute Gasteiger partial charge is 0.384 e. The summed E-state index contributed by atoms with van der Waals surface area (Å²) in [6.07, 6.45) is 3.69. The number of nitrogens with two attached hydrogens (primary N) is 1. The molecule has 0 aliphatic rings. The number of aromatic nitrogens is 2. The van der Waals surface area contributed by atoms with E-state index < -0.39 is 0 Å². The smallest absolute Gasteiger partial charge is 0.127 e. The van der Waals surface area contributed by atoms with Crippen LogP contribution in [-0.4, -0.2) is 15.4 Å². The SMILES string of the molecule is Cl.Cn1ccnc1CNc1ccc(C(=N)N)cc1. The third-order valence-electron chi connectivity index (χ3n) is 2.57. The Labute approximate surface area is 112 Å². The maximum Gasteiger partial charge on any atom is 0.127 e. The van der Waals surface area contributed by atoms with Gasteiger partial charge in [-0.3, -0.25) is 5.41 Å². The molecule has 18 heavy (non-hydrogen) atoms. The molecule has 0 aliphatic carbocycles. The normalized spacial score (nSPS) is 9.61. The van der Waals surface area contributed by atoms with E-state index in [4.69, 9.17) is 11.1 Å². The fourth-order valence-electron chi connectivity index (χ4n) is 1.52. The molecule has 2 rings (SSSR count). The first-order valence-corrected chi connectivity index (χ1v) is 5.31. The molecule has 1 aromatic carbocycles. The highest BCUT2D eigenvalue weighted by molar-refractivity contribution is 5.95. The Bertz CT molecular complexity index is 518. The van der Waals surface area contributed by atoms with Crippen molar-refractivity contribution >= 4 is 23.9 Å². The molecule has 0 spiro atoms. The number of anilines is 1. The molecule has 0 unspecified atom stereocenters. The highest BCUT2D eigenvalue weighted by Crippen LogP contribution is 2.10. The van der Waals surface area contributed by atoms with Crippen LogP contribution in [-0.2, 0) is 13.6 Å². The van der Waals surface area contributed by atoms with Gasteiger partial charge in [-0.2, -0.15) is 0 Å². The second-order valence-electron chi connectivity index (χ2n) is 3.80. The lowest BCUT2D eigenvalue weighted by atomic mass is 10.2. The molecular formula is C12H16ClN5. The minimum absolute atomic E-state index is 0. The van der Waals surface area contributed by atoms with Gasteiger partial charge in [0.25, 0.3) is 0 Å². The van der Waals surface area contributed by atoms with E-state index in [-0.39, 0.29) is 18.2 Å². The zero-order chi connectivity index (χ0) is 12.3. The van der Waals surface area contributed by atoms with Gasteiger partial charge in [-0.1, -0.05) is 0 Å². The van der Waals surface area contributed by atoms with Gasteiger partial charge in [-0.15, -0.1) is 12.4 Å². The Morgan fingerprint density at radius 3 is 2.56 bits per heavy atom. The Kier molecular flexibility index (Phi) is 4.74. The van der Waals surface area contributed by atoms with Crippen LogP contribution in [0.25, 0.3) is 0 Å². The van der Waals surface area contributed by atoms with Crippen molar-refractivity contribution in [1.82, 2.24) is 9.55 Å². The number of rotatable bonds is 4. The number of hydrogen-bond donors (Lipinski definition) is 3. The summed E-state index contributed by atoms with van der Waals surface area (Å²) in [5.41, 5.74) is 7.10. The first-order chi connectivity index (χ1) is 8.16. The van der Waals surface area contributed by atoms with Crippen LogP contribution in [0.5, 0.6) is 0 Å². The number of nitrogens with zero attached hydrogens (tertiary/aromatic N) is 2. The average molecular weight is 266 g/mol. The van der Waals surface area contributed by atoms with Crippen molar-refractivity contribution in [2.75, 3.05) is 5.32 Å². The Morgan fingerprint density at radius 2 is 2.06 bits per heavy atom. The van der Waals surface area contributed by atoms with Gasteiger partial charge in [-0.25, -0.2) is 4.98 Å². The molecule has 0 saturated carbocycles. The number of benzene rings is 1. The molecular weight excluding hydrogens is 250 g/mol. The quantitative estimate of drug-likeness (QED) is 0.582. The van der Waals surface area contributed by atoms with Gasteiger partial charge in [0.15, 0.2) is 0 Å². The summed E-state index contributed by atoms with van der Waals surface area (Å²) in [6.45, 7) is 0.670. The second kappa shape index (κ2) is 6.07. The first kappa shape index (κ1) is 14.1. The van der Waals surface area contributed by atoms with Crippen LogP contribution in [0.3, 0.4) is 0 Å². The van der Waals surface area contributed by atoms with Crippen molar-refractivity contribution in [2.24, 2.45) is 12.8 Å². The van der Waals surface area contributed by atoms with Crippen LogP contribution in [0.4, 0.5) is 5.69 Å². The second-order valence-corrected chi connectivity index (χ2v) is 3.80. The molecule has 2 aromatic rings. The van der Waals surface area contributed by atoms with Gasteiger partial charge in [0, 0.05) is 30.7 Å². The van der Waals surface area contributed by atoms with Gasteiger partial charge in [0.2, 0.25) is 0 Å². The molecule has 0 atom stereocenters. The molecule has 6 heteroatoms. The van der Waals surface area contributed by atoms with Crippen LogP contribution >= 0.6 is 12.4 Å². The predicted molar refractivity (Wildman–Crippen MR) is 75.2 cm³/mol. The summed E-state index contributed by atoms with van der Waals surface area (Å²) < 4.78 is 1.97. The summed E-state index contributed by atoms with van der Waals surface area (Å²) >= 11 is 0. The molecule has 0 amide bonds. The molecule has 0 fully saturated rings. The molecule has 0 aliphatic heterocycles. The number of amidine groups is 1. The third kappa shape index (κ3) is 3.24.